The number of thiol groups is 1. The number of benzene rings is 1. The fourth-order valence-electron chi connectivity index (χ4n) is 1.09. The summed E-state index contributed by atoms with van der Waals surface area (Å²) in [5.74, 6) is -0.980. The Morgan fingerprint density at radius 1 is 1.44 bits per heavy atom. The van der Waals surface area contributed by atoms with E-state index in [1.807, 2.05) is 0 Å². The predicted molar refractivity (Wildman–Crippen MR) is 60.2 cm³/mol. The summed E-state index contributed by atoms with van der Waals surface area (Å²) in [6.07, 6.45) is 0. The second-order valence-electron chi connectivity index (χ2n) is 3.05. The first-order valence-electron chi connectivity index (χ1n) is 4.12. The summed E-state index contributed by atoms with van der Waals surface area (Å²) in [6, 6.07) is 2.35. The van der Waals surface area contributed by atoms with Crippen LogP contribution in [0.25, 0.3) is 0 Å². The summed E-state index contributed by atoms with van der Waals surface area (Å²) < 4.78 is 28.5. The van der Waals surface area contributed by atoms with Gasteiger partial charge in [0.15, 0.2) is 0 Å². The van der Waals surface area contributed by atoms with Gasteiger partial charge in [-0.1, -0.05) is 0 Å². The second-order valence-corrected chi connectivity index (χ2v) is 6.80. The molecule has 0 unspecified atom stereocenters. The molecule has 4 N–H and O–H groups in total. The van der Waals surface area contributed by atoms with Crippen molar-refractivity contribution in [2.45, 2.75) is 11.8 Å². The van der Waals surface area contributed by atoms with Crippen LogP contribution >= 0.6 is 12.6 Å². The van der Waals surface area contributed by atoms with E-state index in [0.717, 1.165) is 6.07 Å². The van der Waals surface area contributed by atoms with Crippen molar-refractivity contribution in [3.8, 4) is 5.75 Å². The number of anilines is 1. The van der Waals surface area contributed by atoms with Gasteiger partial charge in [0.1, 0.15) is 0 Å². The molecule has 0 aliphatic heterocycles. The number of aromatic hydroxyl groups is 1. The van der Waals surface area contributed by atoms with Gasteiger partial charge in [-0.3, -0.25) is 0 Å². The van der Waals surface area contributed by atoms with Crippen molar-refractivity contribution < 1.29 is 21.8 Å². The molecule has 0 saturated heterocycles. The van der Waals surface area contributed by atoms with E-state index in [2.05, 4.69) is 17.9 Å². The van der Waals surface area contributed by atoms with Crippen LogP contribution in [0.3, 0.4) is 0 Å². The van der Waals surface area contributed by atoms with E-state index >= 15 is 0 Å². The summed E-state index contributed by atoms with van der Waals surface area (Å²) >= 11 is -1.28. The van der Waals surface area contributed by atoms with Gasteiger partial charge in [0.2, 0.25) is 0 Å². The van der Waals surface area contributed by atoms with Crippen molar-refractivity contribution in [3.05, 3.63) is 12.1 Å². The first-order chi connectivity index (χ1) is 7.23. The molecule has 1 rings (SSSR count). The van der Waals surface area contributed by atoms with Crippen molar-refractivity contribution in [1.82, 2.24) is 0 Å². The van der Waals surface area contributed by atoms with E-state index in [9.17, 15) is 13.6 Å². The average molecular weight is 307 g/mol. The minimum absolute atomic E-state index is 0.0718. The summed E-state index contributed by atoms with van der Waals surface area (Å²) in [7, 11) is 0. The number of carbonyl (C=O) groups excluding carboxylic acids is 1. The Morgan fingerprint density at radius 2 is 2.00 bits per heavy atom. The molecule has 88 valence electrons. The Morgan fingerprint density at radius 3 is 2.44 bits per heavy atom. The summed E-state index contributed by atoms with van der Waals surface area (Å²) in [5.41, 5.74) is 0.195. The van der Waals surface area contributed by atoms with Crippen molar-refractivity contribution in [2.24, 2.45) is 0 Å². The summed E-state index contributed by atoms with van der Waals surface area (Å²) in [6.45, 7) is 1.27. The Labute approximate surface area is 99.7 Å². The van der Waals surface area contributed by atoms with E-state index in [1.165, 1.54) is 13.0 Å². The summed E-state index contributed by atoms with van der Waals surface area (Å²) in [4.78, 5) is 10.7. The van der Waals surface area contributed by atoms with Gasteiger partial charge in [-0.15, -0.1) is 0 Å². The molecule has 0 heterocycles. The topological polar surface area (TPSA) is 107 Å². The van der Waals surface area contributed by atoms with Gasteiger partial charge in [-0.2, -0.15) is 0 Å². The Balaban J connectivity index is 3.29. The number of hydrogen-bond acceptors (Lipinski definition) is 4. The number of phenolic OH excluding ortho intramolecular Hbond substituents is 1. The third-order valence-electron chi connectivity index (χ3n) is 1.75. The van der Waals surface area contributed by atoms with Gasteiger partial charge in [0.05, 0.1) is 0 Å². The van der Waals surface area contributed by atoms with Crippen LogP contribution in [0.2, 0.25) is 0 Å². The molecule has 0 radical (unpaired) electrons. The first kappa shape index (κ1) is 13.2. The molecular weight excluding hydrogens is 297 g/mol. The molecule has 0 atom stereocenters. The van der Waals surface area contributed by atoms with E-state index in [4.69, 9.17) is 8.19 Å². The van der Waals surface area contributed by atoms with Crippen LogP contribution in [0.15, 0.2) is 17.0 Å². The molecule has 0 bridgehead atoms. The van der Waals surface area contributed by atoms with Crippen LogP contribution in [-0.4, -0.2) is 33.4 Å². The van der Waals surface area contributed by atoms with E-state index in [-0.39, 0.29) is 16.5 Å². The summed E-state index contributed by atoms with van der Waals surface area (Å²) in [5, 5.41) is 11.9. The van der Waals surface area contributed by atoms with Crippen molar-refractivity contribution in [1.29, 1.82) is 0 Å². The molecule has 0 spiro atoms. The molecule has 0 aliphatic carbocycles. The molecule has 6 nitrogen and oxygen atoms in total. The number of nitrogens with one attached hydrogen (secondary N) is 1. The minimum atomic E-state index is -5.17. The van der Waals surface area contributed by atoms with Crippen LogP contribution in [0.4, 0.5) is 5.69 Å². The van der Waals surface area contributed by atoms with Gasteiger partial charge in [-0.25, -0.2) is 0 Å². The number of carbonyl (C=O) groups is 1. The maximum atomic E-state index is 11.0. The third-order valence-corrected chi connectivity index (χ3v) is 4.28. The standard InChI is InChI=1S/C8H10AsNO5S/c1-4(11)10-6-3-2-5(9(13,14)15)7(12)8(6)16/h2-3,12,16H,1H3,(H,10,11)(H2,13,14,15). The van der Waals surface area contributed by atoms with Gasteiger partial charge in [0, 0.05) is 0 Å². The predicted octanol–water partition coefficient (Wildman–Crippen LogP) is -0.800. The van der Waals surface area contributed by atoms with E-state index in [0.29, 0.717) is 0 Å². The third kappa shape index (κ3) is 2.82. The molecule has 1 amide bonds. The van der Waals surface area contributed by atoms with Gasteiger partial charge >= 0.3 is 99.6 Å². The van der Waals surface area contributed by atoms with Crippen LogP contribution in [0.1, 0.15) is 6.92 Å². The molecule has 1 aromatic carbocycles. The quantitative estimate of drug-likeness (QED) is 0.363. The van der Waals surface area contributed by atoms with E-state index < -0.39 is 24.3 Å². The number of rotatable bonds is 2. The zero-order valence-corrected chi connectivity index (χ0v) is 11.0. The molecule has 8 heteroatoms. The number of phenols is 1. The van der Waals surface area contributed by atoms with Gasteiger partial charge < -0.3 is 0 Å². The Hall–Kier alpha value is -0.882. The van der Waals surface area contributed by atoms with Crippen molar-refractivity contribution in [3.63, 3.8) is 0 Å². The fraction of sp³-hybridized carbons (Fsp3) is 0.125. The van der Waals surface area contributed by atoms with Crippen molar-refractivity contribution >= 4 is 42.7 Å². The van der Waals surface area contributed by atoms with Crippen LogP contribution in [0.5, 0.6) is 5.75 Å². The molecule has 0 fully saturated rings. The van der Waals surface area contributed by atoms with Crippen molar-refractivity contribution in [2.75, 3.05) is 5.32 Å². The Kier molecular flexibility index (Phi) is 3.75. The van der Waals surface area contributed by atoms with Gasteiger partial charge in [-0.05, 0) is 0 Å². The average Bonchev–Trinajstić information content (AvgIpc) is 2.10. The van der Waals surface area contributed by atoms with Crippen LogP contribution < -0.4 is 9.67 Å². The number of amides is 1. The molecule has 1 aromatic rings. The molecule has 0 saturated carbocycles. The molecule has 16 heavy (non-hydrogen) atoms. The maximum absolute atomic E-state index is 11.0. The van der Waals surface area contributed by atoms with Gasteiger partial charge in [0.25, 0.3) is 0 Å². The van der Waals surface area contributed by atoms with Crippen LogP contribution in [0, 0.1) is 0 Å². The normalized spacial score (nSPS) is 11.2. The number of hydrogen-bond donors (Lipinski definition) is 5. The fourth-order valence-corrected chi connectivity index (χ4v) is 2.91. The van der Waals surface area contributed by atoms with E-state index in [1.54, 1.807) is 0 Å². The second kappa shape index (κ2) is 4.55. The zero-order valence-electron chi connectivity index (χ0n) is 8.21. The SMILES string of the molecule is CC(=O)Nc1ccc([As](=O)(O)O)c(O)c1S. The van der Waals surface area contributed by atoms with Crippen LogP contribution in [-0.2, 0) is 8.53 Å². The first-order valence-corrected chi connectivity index (χ1v) is 7.95. The molecular formula is C8H10AsNO5S. The monoisotopic (exact) mass is 307 g/mol. The Bertz CT molecular complexity index is 484. The molecule has 0 aliphatic rings. The molecule has 0 aromatic heterocycles. The zero-order chi connectivity index (χ0) is 12.5.